The number of amides is 2. The molecule has 0 saturated carbocycles. The lowest BCUT2D eigenvalue weighted by Gasteiger charge is -2.31. The standard InChI is InChI=1S/C22H25F3N6O3/c1-13-9-10-17(34-13)19-27-29-30(28-19)12-18(32)31(14(2)20(33)26-21(3,4)5)16-8-6-7-15(11-16)22(23,24)25/h6-11,14H,12H2,1-5H3,(H,26,33)/t14-/m0/s1. The summed E-state index contributed by atoms with van der Waals surface area (Å²) in [6.45, 7) is 7.98. The first kappa shape index (κ1) is 24.9. The third-order valence-electron chi connectivity index (χ3n) is 4.68. The van der Waals surface area contributed by atoms with E-state index in [4.69, 9.17) is 4.42 Å². The number of aryl methyl sites for hydroxylation is 1. The molecule has 0 aliphatic heterocycles. The molecular formula is C22H25F3N6O3. The van der Waals surface area contributed by atoms with Crippen molar-refractivity contribution in [1.82, 2.24) is 25.5 Å². The minimum atomic E-state index is -4.62. The zero-order valence-corrected chi connectivity index (χ0v) is 19.3. The maximum absolute atomic E-state index is 13.3. The molecule has 2 amide bonds. The highest BCUT2D eigenvalue weighted by atomic mass is 19.4. The molecule has 0 aliphatic carbocycles. The van der Waals surface area contributed by atoms with E-state index in [1.807, 2.05) is 0 Å². The van der Waals surface area contributed by atoms with Crippen molar-refractivity contribution in [1.29, 1.82) is 0 Å². The number of anilines is 1. The number of hydrogen-bond donors (Lipinski definition) is 1. The molecule has 0 unspecified atom stereocenters. The number of carbonyl (C=O) groups excluding carboxylic acids is 2. The Morgan fingerprint density at radius 3 is 2.47 bits per heavy atom. The van der Waals surface area contributed by atoms with Crippen molar-refractivity contribution in [3.63, 3.8) is 0 Å². The summed E-state index contributed by atoms with van der Waals surface area (Å²) in [6.07, 6.45) is -4.62. The minimum Gasteiger partial charge on any atom is -0.458 e. The second-order valence-corrected chi connectivity index (χ2v) is 8.78. The molecular weight excluding hydrogens is 453 g/mol. The largest absolute Gasteiger partial charge is 0.458 e. The summed E-state index contributed by atoms with van der Waals surface area (Å²) in [7, 11) is 0. The Labute approximate surface area is 193 Å². The molecule has 0 spiro atoms. The van der Waals surface area contributed by atoms with Gasteiger partial charge in [-0.2, -0.15) is 18.0 Å². The second-order valence-electron chi connectivity index (χ2n) is 8.78. The number of halogens is 3. The summed E-state index contributed by atoms with van der Waals surface area (Å²) in [6, 6.07) is 6.47. The Bertz CT molecular complexity index is 1180. The lowest BCUT2D eigenvalue weighted by Crippen LogP contribution is -2.53. The molecule has 182 valence electrons. The monoisotopic (exact) mass is 478 g/mol. The van der Waals surface area contributed by atoms with Gasteiger partial charge in [0, 0.05) is 11.2 Å². The molecule has 0 bridgehead atoms. The number of rotatable bonds is 6. The van der Waals surface area contributed by atoms with Gasteiger partial charge in [-0.3, -0.25) is 14.5 Å². The first-order valence-electron chi connectivity index (χ1n) is 10.4. The van der Waals surface area contributed by atoms with Gasteiger partial charge in [-0.25, -0.2) is 0 Å². The highest BCUT2D eigenvalue weighted by molar-refractivity contribution is 6.00. The normalized spacial score (nSPS) is 12.9. The van der Waals surface area contributed by atoms with E-state index in [1.165, 1.54) is 19.1 Å². The number of tetrazole rings is 1. The maximum atomic E-state index is 13.3. The van der Waals surface area contributed by atoms with Gasteiger partial charge in [0.1, 0.15) is 18.3 Å². The predicted molar refractivity (Wildman–Crippen MR) is 117 cm³/mol. The molecule has 0 fully saturated rings. The van der Waals surface area contributed by atoms with Crippen LogP contribution >= 0.6 is 0 Å². The van der Waals surface area contributed by atoms with Crippen LogP contribution in [0.3, 0.4) is 0 Å². The van der Waals surface area contributed by atoms with Crippen molar-refractivity contribution < 1.29 is 27.2 Å². The number of hydrogen-bond acceptors (Lipinski definition) is 6. The van der Waals surface area contributed by atoms with Gasteiger partial charge in [0.15, 0.2) is 5.76 Å². The summed E-state index contributed by atoms with van der Waals surface area (Å²) in [4.78, 5) is 28.0. The van der Waals surface area contributed by atoms with Crippen LogP contribution in [-0.4, -0.2) is 43.6 Å². The van der Waals surface area contributed by atoms with E-state index >= 15 is 0 Å². The lowest BCUT2D eigenvalue weighted by molar-refractivity contribution is -0.137. The van der Waals surface area contributed by atoms with Crippen LogP contribution in [0, 0.1) is 6.92 Å². The third kappa shape index (κ3) is 6.00. The summed E-state index contributed by atoms with van der Waals surface area (Å²) in [5.41, 5.74) is -1.64. The van der Waals surface area contributed by atoms with E-state index in [9.17, 15) is 22.8 Å². The Hall–Kier alpha value is -3.70. The smallest absolute Gasteiger partial charge is 0.416 e. The van der Waals surface area contributed by atoms with Gasteiger partial charge in [0.25, 0.3) is 5.91 Å². The number of benzene rings is 1. The SMILES string of the molecule is Cc1ccc(-c2nnn(CC(=O)N(c3cccc(C(F)(F)F)c3)[C@@H](C)C(=O)NC(C)(C)C)n2)o1. The number of nitrogens with zero attached hydrogens (tertiary/aromatic N) is 5. The van der Waals surface area contributed by atoms with Gasteiger partial charge in [0.05, 0.1) is 5.56 Å². The zero-order valence-electron chi connectivity index (χ0n) is 19.3. The number of alkyl halides is 3. The molecule has 2 aromatic heterocycles. The van der Waals surface area contributed by atoms with E-state index in [-0.39, 0.29) is 11.5 Å². The van der Waals surface area contributed by atoms with Crippen molar-refractivity contribution in [3.05, 3.63) is 47.7 Å². The lowest BCUT2D eigenvalue weighted by atomic mass is 10.1. The van der Waals surface area contributed by atoms with Crippen LogP contribution in [0.15, 0.2) is 40.8 Å². The first-order valence-corrected chi connectivity index (χ1v) is 10.4. The fourth-order valence-electron chi connectivity index (χ4n) is 3.17. The minimum absolute atomic E-state index is 0.0848. The Kier molecular flexibility index (Phi) is 6.80. The molecule has 3 aromatic rings. The average molecular weight is 478 g/mol. The van der Waals surface area contributed by atoms with Crippen LogP contribution in [0.25, 0.3) is 11.6 Å². The topological polar surface area (TPSA) is 106 Å². The summed E-state index contributed by atoms with van der Waals surface area (Å²) >= 11 is 0. The van der Waals surface area contributed by atoms with Crippen LogP contribution in [0.2, 0.25) is 0 Å². The highest BCUT2D eigenvalue weighted by Gasteiger charge is 2.34. The van der Waals surface area contributed by atoms with Gasteiger partial charge < -0.3 is 9.73 Å². The van der Waals surface area contributed by atoms with Gasteiger partial charge in [-0.15, -0.1) is 10.2 Å². The third-order valence-corrected chi connectivity index (χ3v) is 4.68. The van der Waals surface area contributed by atoms with Crippen LogP contribution in [-0.2, 0) is 22.3 Å². The molecule has 1 atom stereocenters. The Morgan fingerprint density at radius 1 is 1.18 bits per heavy atom. The van der Waals surface area contributed by atoms with E-state index in [0.29, 0.717) is 11.5 Å². The van der Waals surface area contributed by atoms with Crippen LogP contribution in [0.5, 0.6) is 0 Å². The number of aromatic nitrogens is 4. The van der Waals surface area contributed by atoms with Crippen LogP contribution in [0.1, 0.15) is 39.0 Å². The first-order chi connectivity index (χ1) is 15.7. The molecule has 1 aromatic carbocycles. The Balaban J connectivity index is 1.92. The molecule has 12 heteroatoms. The van der Waals surface area contributed by atoms with E-state index in [1.54, 1.807) is 39.8 Å². The number of furan rings is 1. The van der Waals surface area contributed by atoms with Crippen molar-refractivity contribution in [2.75, 3.05) is 4.90 Å². The van der Waals surface area contributed by atoms with Crippen LogP contribution in [0.4, 0.5) is 18.9 Å². The molecule has 0 radical (unpaired) electrons. The fourth-order valence-corrected chi connectivity index (χ4v) is 3.17. The average Bonchev–Trinajstić information content (AvgIpc) is 3.35. The Morgan fingerprint density at radius 2 is 1.88 bits per heavy atom. The van der Waals surface area contributed by atoms with Crippen molar-refractivity contribution in [2.24, 2.45) is 0 Å². The maximum Gasteiger partial charge on any atom is 0.416 e. The second kappa shape index (κ2) is 9.27. The molecule has 1 N–H and O–H groups in total. The van der Waals surface area contributed by atoms with Gasteiger partial charge >= 0.3 is 6.18 Å². The van der Waals surface area contributed by atoms with E-state index in [2.05, 4.69) is 20.7 Å². The van der Waals surface area contributed by atoms with Gasteiger partial charge in [-0.1, -0.05) is 6.07 Å². The van der Waals surface area contributed by atoms with Crippen LogP contribution < -0.4 is 10.2 Å². The van der Waals surface area contributed by atoms with E-state index in [0.717, 1.165) is 21.8 Å². The summed E-state index contributed by atoms with van der Waals surface area (Å²) < 4.78 is 45.3. The number of nitrogens with one attached hydrogen (secondary N) is 1. The number of carbonyl (C=O) groups is 2. The van der Waals surface area contributed by atoms with Crippen molar-refractivity contribution >= 4 is 17.5 Å². The summed E-state index contributed by atoms with van der Waals surface area (Å²) in [5, 5.41) is 14.5. The van der Waals surface area contributed by atoms with Crippen molar-refractivity contribution in [3.8, 4) is 11.6 Å². The molecule has 0 aliphatic rings. The van der Waals surface area contributed by atoms with Crippen molar-refractivity contribution in [2.45, 2.75) is 58.9 Å². The van der Waals surface area contributed by atoms with Gasteiger partial charge in [-0.05, 0) is 70.2 Å². The quantitative estimate of drug-likeness (QED) is 0.580. The van der Waals surface area contributed by atoms with Gasteiger partial charge in [0.2, 0.25) is 11.7 Å². The van der Waals surface area contributed by atoms with E-state index < -0.39 is 41.7 Å². The summed E-state index contributed by atoms with van der Waals surface area (Å²) in [5.74, 6) is -0.0993. The molecule has 34 heavy (non-hydrogen) atoms. The highest BCUT2D eigenvalue weighted by Crippen LogP contribution is 2.32. The molecule has 9 nitrogen and oxygen atoms in total. The molecule has 2 heterocycles. The predicted octanol–water partition coefficient (Wildman–Crippen LogP) is 3.60. The molecule has 0 saturated heterocycles. The fraction of sp³-hybridized carbons (Fsp3) is 0.409. The zero-order chi connectivity index (χ0) is 25.3. The molecule has 3 rings (SSSR count).